The molecule has 156 valence electrons. The van der Waals surface area contributed by atoms with E-state index < -0.39 is 10.0 Å². The molecule has 0 spiro atoms. The van der Waals surface area contributed by atoms with Crippen LogP contribution in [0.25, 0.3) is 0 Å². The molecule has 1 aliphatic rings. The molecule has 3 rings (SSSR count). The van der Waals surface area contributed by atoms with Crippen molar-refractivity contribution in [1.29, 1.82) is 0 Å². The molecule has 29 heavy (non-hydrogen) atoms. The molecule has 8 heteroatoms. The number of nitrogens with one attached hydrogen (secondary N) is 2. The van der Waals surface area contributed by atoms with Gasteiger partial charge in [-0.05, 0) is 30.7 Å². The van der Waals surface area contributed by atoms with Crippen molar-refractivity contribution in [3.05, 3.63) is 54.1 Å². The van der Waals surface area contributed by atoms with Crippen LogP contribution in [0, 0.1) is 6.92 Å². The van der Waals surface area contributed by atoms with Crippen LogP contribution in [0.3, 0.4) is 0 Å². The van der Waals surface area contributed by atoms with Crippen LogP contribution < -0.4 is 19.4 Å². The number of piperazine rings is 1. The predicted molar refractivity (Wildman–Crippen MR) is 117 cm³/mol. The fourth-order valence-corrected chi connectivity index (χ4v) is 4.44. The topological polar surface area (TPSA) is 74.2 Å². The first kappa shape index (κ1) is 21.1. The van der Waals surface area contributed by atoms with E-state index in [0.29, 0.717) is 11.4 Å². The van der Waals surface area contributed by atoms with E-state index in [0.717, 1.165) is 48.0 Å². The van der Waals surface area contributed by atoms with Crippen LogP contribution in [0.5, 0.6) is 0 Å². The maximum atomic E-state index is 12.8. The number of rotatable bonds is 6. The van der Waals surface area contributed by atoms with Crippen molar-refractivity contribution in [2.24, 2.45) is 0 Å². The molecule has 1 fully saturated rings. The van der Waals surface area contributed by atoms with Crippen molar-refractivity contribution in [1.82, 2.24) is 0 Å². The SMILES string of the molecule is Cc1ccccc1N(CC(=O)Nc1ccccc1N1CC[NH+](C)CC1)S(C)(=O)=O. The van der Waals surface area contributed by atoms with Gasteiger partial charge in [-0.1, -0.05) is 30.3 Å². The minimum Gasteiger partial charge on any atom is -0.359 e. The molecule has 0 aliphatic carbocycles. The van der Waals surface area contributed by atoms with Crippen molar-refractivity contribution in [3.8, 4) is 0 Å². The second-order valence-electron chi connectivity index (χ2n) is 7.57. The molecule has 0 atom stereocenters. The van der Waals surface area contributed by atoms with Crippen LogP contribution in [0.15, 0.2) is 48.5 Å². The molecule has 0 aromatic heterocycles. The molecule has 1 saturated heterocycles. The number of para-hydroxylation sites is 3. The van der Waals surface area contributed by atoms with Gasteiger partial charge in [0.25, 0.3) is 0 Å². The van der Waals surface area contributed by atoms with Gasteiger partial charge in [0.15, 0.2) is 0 Å². The van der Waals surface area contributed by atoms with E-state index in [9.17, 15) is 13.2 Å². The number of likely N-dealkylation sites (N-methyl/N-ethyl adjacent to an activating group) is 1. The molecule has 1 amide bonds. The van der Waals surface area contributed by atoms with E-state index in [2.05, 4.69) is 17.3 Å². The summed E-state index contributed by atoms with van der Waals surface area (Å²) in [7, 11) is -1.43. The third-order valence-corrected chi connectivity index (χ3v) is 6.33. The fourth-order valence-electron chi connectivity index (χ4n) is 3.53. The highest BCUT2D eigenvalue weighted by Gasteiger charge is 2.24. The Balaban J connectivity index is 1.79. The first-order valence-corrected chi connectivity index (χ1v) is 11.6. The van der Waals surface area contributed by atoms with Crippen molar-refractivity contribution in [3.63, 3.8) is 0 Å². The number of carbonyl (C=O) groups is 1. The summed E-state index contributed by atoms with van der Waals surface area (Å²) < 4.78 is 25.9. The van der Waals surface area contributed by atoms with Gasteiger partial charge in [-0.3, -0.25) is 9.10 Å². The average Bonchev–Trinajstić information content (AvgIpc) is 2.67. The molecular formula is C21H29N4O3S+. The van der Waals surface area contributed by atoms with E-state index >= 15 is 0 Å². The maximum absolute atomic E-state index is 12.8. The second kappa shape index (κ2) is 8.84. The van der Waals surface area contributed by atoms with Gasteiger partial charge in [0, 0.05) is 0 Å². The smallest absolute Gasteiger partial charge is 0.245 e. The number of aryl methyl sites for hydroxylation is 1. The molecule has 7 nitrogen and oxygen atoms in total. The summed E-state index contributed by atoms with van der Waals surface area (Å²) in [4.78, 5) is 16.6. The van der Waals surface area contributed by atoms with Gasteiger partial charge in [0.05, 0.1) is 56.5 Å². The van der Waals surface area contributed by atoms with Gasteiger partial charge in [0.1, 0.15) is 6.54 Å². The molecule has 0 radical (unpaired) electrons. The van der Waals surface area contributed by atoms with Gasteiger partial charge >= 0.3 is 0 Å². The number of hydrogen-bond donors (Lipinski definition) is 2. The summed E-state index contributed by atoms with van der Waals surface area (Å²) in [5, 5.41) is 2.92. The molecular weight excluding hydrogens is 388 g/mol. The van der Waals surface area contributed by atoms with Crippen molar-refractivity contribution < 1.29 is 18.1 Å². The van der Waals surface area contributed by atoms with Gasteiger partial charge in [-0.15, -0.1) is 0 Å². The molecule has 2 aromatic rings. The molecule has 0 bridgehead atoms. The van der Waals surface area contributed by atoms with E-state index in [-0.39, 0.29) is 12.5 Å². The summed E-state index contributed by atoms with van der Waals surface area (Å²) in [6.45, 7) is 5.46. The first-order chi connectivity index (χ1) is 13.8. The highest BCUT2D eigenvalue weighted by atomic mass is 32.2. The Hall–Kier alpha value is -2.58. The molecule has 0 saturated carbocycles. The van der Waals surface area contributed by atoms with Crippen LogP contribution in [0.4, 0.5) is 17.1 Å². The molecule has 2 N–H and O–H groups in total. The monoisotopic (exact) mass is 417 g/mol. The standard InChI is InChI=1S/C21H28N4O3S/c1-17-8-4-6-10-19(17)25(29(3,27)28)16-21(26)22-18-9-5-7-11-20(18)24-14-12-23(2)13-15-24/h4-11H,12-16H2,1-3H3,(H,22,26)/p+1. The zero-order chi connectivity index (χ0) is 21.0. The Morgan fingerprint density at radius 1 is 1.10 bits per heavy atom. The van der Waals surface area contributed by atoms with Crippen molar-refractivity contribution in [2.75, 3.05) is 60.5 Å². The summed E-state index contributed by atoms with van der Waals surface area (Å²) in [6, 6.07) is 14.8. The highest BCUT2D eigenvalue weighted by molar-refractivity contribution is 7.92. The lowest BCUT2D eigenvalue weighted by molar-refractivity contribution is -0.880. The van der Waals surface area contributed by atoms with Gasteiger partial charge in [0.2, 0.25) is 15.9 Å². The number of anilines is 3. The third kappa shape index (κ3) is 5.27. The van der Waals surface area contributed by atoms with Crippen LogP contribution in [-0.2, 0) is 14.8 Å². The van der Waals surface area contributed by atoms with Gasteiger partial charge < -0.3 is 15.1 Å². The number of hydrogen-bond acceptors (Lipinski definition) is 4. The summed E-state index contributed by atoms with van der Waals surface area (Å²) in [5.74, 6) is -0.370. The zero-order valence-corrected chi connectivity index (χ0v) is 18.0. The third-order valence-electron chi connectivity index (χ3n) is 5.21. The number of nitrogens with zero attached hydrogens (tertiary/aromatic N) is 2. The van der Waals surface area contributed by atoms with Crippen LogP contribution in [-0.4, -0.2) is 60.4 Å². The van der Waals surface area contributed by atoms with Crippen LogP contribution in [0.2, 0.25) is 0 Å². The Kier molecular flexibility index (Phi) is 6.44. The Bertz CT molecular complexity index is 969. The summed E-state index contributed by atoms with van der Waals surface area (Å²) >= 11 is 0. The quantitative estimate of drug-likeness (QED) is 0.727. The van der Waals surface area contributed by atoms with E-state index in [1.54, 1.807) is 12.1 Å². The first-order valence-electron chi connectivity index (χ1n) is 9.74. The minimum absolute atomic E-state index is 0.273. The number of carbonyl (C=O) groups excluding carboxylic acids is 1. The molecule has 1 heterocycles. The van der Waals surface area contributed by atoms with Crippen molar-refractivity contribution >= 4 is 33.0 Å². The van der Waals surface area contributed by atoms with Gasteiger partial charge in [-0.25, -0.2) is 8.42 Å². The summed E-state index contributed by atoms with van der Waals surface area (Å²) in [6.07, 6.45) is 1.12. The Morgan fingerprint density at radius 2 is 1.72 bits per heavy atom. The lowest BCUT2D eigenvalue weighted by atomic mass is 10.2. The number of quaternary nitrogens is 1. The number of sulfonamides is 1. The number of benzene rings is 2. The van der Waals surface area contributed by atoms with E-state index in [1.165, 1.54) is 4.90 Å². The molecule has 1 aliphatic heterocycles. The maximum Gasteiger partial charge on any atom is 0.245 e. The van der Waals surface area contributed by atoms with Gasteiger partial charge in [-0.2, -0.15) is 0 Å². The zero-order valence-electron chi connectivity index (χ0n) is 17.2. The van der Waals surface area contributed by atoms with Crippen LogP contribution in [0.1, 0.15) is 5.56 Å². The normalized spacial score (nSPS) is 15.2. The molecule has 0 unspecified atom stereocenters. The van der Waals surface area contributed by atoms with E-state index in [1.807, 2.05) is 43.3 Å². The Morgan fingerprint density at radius 3 is 2.38 bits per heavy atom. The lowest BCUT2D eigenvalue weighted by Crippen LogP contribution is -3.12. The second-order valence-corrected chi connectivity index (χ2v) is 9.47. The summed E-state index contributed by atoms with van der Waals surface area (Å²) in [5.41, 5.74) is 2.98. The fraction of sp³-hybridized carbons (Fsp3) is 0.381. The predicted octanol–water partition coefficient (Wildman–Crippen LogP) is 0.734. The van der Waals surface area contributed by atoms with E-state index in [4.69, 9.17) is 0 Å². The number of amides is 1. The minimum atomic E-state index is -3.61. The van der Waals surface area contributed by atoms with Crippen LogP contribution >= 0.6 is 0 Å². The average molecular weight is 418 g/mol. The highest BCUT2D eigenvalue weighted by Crippen LogP contribution is 2.26. The van der Waals surface area contributed by atoms with Crippen molar-refractivity contribution in [2.45, 2.75) is 6.92 Å². The Labute approximate surface area is 173 Å². The lowest BCUT2D eigenvalue weighted by Gasteiger charge is -2.33. The largest absolute Gasteiger partial charge is 0.359 e. The molecule has 2 aromatic carbocycles.